The summed E-state index contributed by atoms with van der Waals surface area (Å²) in [5.74, 6) is -0.961. The van der Waals surface area contributed by atoms with Crippen molar-refractivity contribution in [3.05, 3.63) is 65.0 Å². The molecule has 1 aliphatic carbocycles. The van der Waals surface area contributed by atoms with Gasteiger partial charge in [-0.3, -0.25) is 0 Å². The summed E-state index contributed by atoms with van der Waals surface area (Å²) in [5.41, 5.74) is 3.60. The van der Waals surface area contributed by atoms with Crippen molar-refractivity contribution >= 4 is 0 Å². The number of benzene rings is 1. The molecular formula is C19H21F2N. The maximum absolute atomic E-state index is 13.3. The summed E-state index contributed by atoms with van der Waals surface area (Å²) in [5, 5.41) is 0. The molecule has 0 saturated heterocycles. The molecule has 0 N–H and O–H groups in total. The van der Waals surface area contributed by atoms with E-state index in [0.717, 1.165) is 37.7 Å². The Bertz CT molecular complexity index is 628. The van der Waals surface area contributed by atoms with E-state index in [1.807, 2.05) is 0 Å². The quantitative estimate of drug-likeness (QED) is 0.695. The molecule has 3 rings (SSSR count). The molecule has 0 aliphatic heterocycles. The molecule has 1 aromatic carbocycles. The normalized spacial score (nSPS) is 21.8. The Kier molecular flexibility index (Phi) is 4.51. The number of aromatic nitrogens is 1. The Labute approximate surface area is 130 Å². The van der Waals surface area contributed by atoms with Gasteiger partial charge in [-0.25, -0.2) is 9.37 Å². The highest BCUT2D eigenvalue weighted by Gasteiger charge is 2.24. The van der Waals surface area contributed by atoms with Crippen molar-refractivity contribution in [3.8, 4) is 0 Å². The van der Waals surface area contributed by atoms with E-state index in [4.69, 9.17) is 0 Å². The summed E-state index contributed by atoms with van der Waals surface area (Å²) < 4.78 is 26.2. The van der Waals surface area contributed by atoms with Crippen LogP contribution in [0.4, 0.5) is 8.78 Å². The number of hydrogen-bond acceptors (Lipinski definition) is 1. The predicted octanol–water partition coefficient (Wildman–Crippen LogP) is 5.36. The predicted molar refractivity (Wildman–Crippen MR) is 83.9 cm³/mol. The largest absolute Gasteiger partial charge is 0.248 e. The lowest BCUT2D eigenvalue weighted by Gasteiger charge is -2.29. The first-order chi connectivity index (χ1) is 10.7. The first-order valence-corrected chi connectivity index (χ1v) is 8.07. The van der Waals surface area contributed by atoms with E-state index in [-0.39, 0.29) is 0 Å². The molecule has 1 aromatic heterocycles. The Morgan fingerprint density at radius 1 is 0.955 bits per heavy atom. The summed E-state index contributed by atoms with van der Waals surface area (Å²) >= 11 is 0. The van der Waals surface area contributed by atoms with Crippen LogP contribution in [0.2, 0.25) is 0 Å². The lowest BCUT2D eigenvalue weighted by molar-refractivity contribution is 0.392. The van der Waals surface area contributed by atoms with Crippen LogP contribution in [0.3, 0.4) is 0 Å². The first kappa shape index (κ1) is 15.1. The van der Waals surface area contributed by atoms with E-state index in [0.29, 0.717) is 11.8 Å². The van der Waals surface area contributed by atoms with Gasteiger partial charge in [0.2, 0.25) is 5.95 Å². The first-order valence-electron chi connectivity index (χ1n) is 8.07. The summed E-state index contributed by atoms with van der Waals surface area (Å²) in [7, 11) is 0. The maximum Gasteiger partial charge on any atom is 0.248 e. The van der Waals surface area contributed by atoms with Crippen LogP contribution in [0.1, 0.15) is 61.1 Å². The van der Waals surface area contributed by atoms with Gasteiger partial charge in [0.25, 0.3) is 0 Å². The van der Waals surface area contributed by atoms with Crippen molar-refractivity contribution in [1.82, 2.24) is 4.98 Å². The third-order valence-corrected chi connectivity index (χ3v) is 4.88. The van der Waals surface area contributed by atoms with Crippen molar-refractivity contribution in [3.63, 3.8) is 0 Å². The molecule has 2 aromatic rings. The lowest BCUT2D eigenvalue weighted by Crippen LogP contribution is -2.13. The lowest BCUT2D eigenvalue weighted by atomic mass is 9.76. The van der Waals surface area contributed by atoms with Crippen molar-refractivity contribution in [2.45, 2.75) is 50.9 Å². The minimum atomic E-state index is -1.01. The Morgan fingerprint density at radius 2 is 1.55 bits per heavy atom. The van der Waals surface area contributed by atoms with Gasteiger partial charge in [-0.2, -0.15) is 4.39 Å². The molecule has 1 heterocycles. The van der Waals surface area contributed by atoms with E-state index in [1.165, 1.54) is 23.4 Å². The number of aryl methyl sites for hydroxylation is 1. The molecule has 0 atom stereocenters. The molecule has 116 valence electrons. The molecule has 0 bridgehead atoms. The second-order valence-electron chi connectivity index (χ2n) is 6.18. The van der Waals surface area contributed by atoms with Crippen LogP contribution in [0.5, 0.6) is 0 Å². The fourth-order valence-electron chi connectivity index (χ4n) is 3.44. The average molecular weight is 301 g/mol. The third kappa shape index (κ3) is 3.18. The van der Waals surface area contributed by atoms with Crippen molar-refractivity contribution in [1.29, 1.82) is 0 Å². The Morgan fingerprint density at radius 3 is 2.09 bits per heavy atom. The zero-order chi connectivity index (χ0) is 15.5. The molecule has 1 aliphatic rings. The van der Waals surface area contributed by atoms with Crippen molar-refractivity contribution in [2.75, 3.05) is 0 Å². The minimum absolute atomic E-state index is 0.300. The Balaban J connectivity index is 1.65. The number of pyridine rings is 1. The number of halogens is 2. The average Bonchev–Trinajstić information content (AvgIpc) is 2.58. The van der Waals surface area contributed by atoms with Crippen LogP contribution in [0.15, 0.2) is 36.5 Å². The van der Waals surface area contributed by atoms with Crippen LogP contribution in [-0.2, 0) is 6.42 Å². The number of hydrogen-bond donors (Lipinski definition) is 0. The molecule has 0 amide bonds. The van der Waals surface area contributed by atoms with Crippen LogP contribution < -0.4 is 0 Å². The second kappa shape index (κ2) is 6.55. The molecule has 22 heavy (non-hydrogen) atoms. The highest BCUT2D eigenvalue weighted by Crippen LogP contribution is 2.40. The van der Waals surface area contributed by atoms with Gasteiger partial charge in [-0.1, -0.05) is 31.2 Å². The molecule has 1 fully saturated rings. The number of rotatable bonds is 3. The molecule has 0 radical (unpaired) electrons. The standard InChI is InChI=1S/C19H21F2N/c1-2-13-3-5-14(6-4-13)15-7-9-16(10-8-15)17-11-18(20)19(21)22-12-17/h3-6,11-12,15-16H,2,7-10H2,1H3/t15-,16-. The van der Waals surface area contributed by atoms with Crippen LogP contribution in [0.25, 0.3) is 0 Å². The van der Waals surface area contributed by atoms with Crippen molar-refractivity contribution in [2.24, 2.45) is 0 Å². The highest BCUT2D eigenvalue weighted by atomic mass is 19.2. The van der Waals surface area contributed by atoms with E-state index >= 15 is 0 Å². The fraction of sp³-hybridized carbons (Fsp3) is 0.421. The highest BCUT2D eigenvalue weighted by molar-refractivity contribution is 5.26. The zero-order valence-corrected chi connectivity index (χ0v) is 12.9. The van der Waals surface area contributed by atoms with E-state index in [9.17, 15) is 8.78 Å². The van der Waals surface area contributed by atoms with Gasteiger partial charge in [0.1, 0.15) is 0 Å². The molecule has 1 nitrogen and oxygen atoms in total. The van der Waals surface area contributed by atoms with E-state index in [2.05, 4.69) is 36.2 Å². The van der Waals surface area contributed by atoms with Gasteiger partial charge in [-0.05, 0) is 66.7 Å². The summed E-state index contributed by atoms with van der Waals surface area (Å²) in [4.78, 5) is 3.51. The summed E-state index contributed by atoms with van der Waals surface area (Å²) in [6, 6.07) is 10.2. The second-order valence-corrected chi connectivity index (χ2v) is 6.18. The SMILES string of the molecule is CCc1ccc([C@H]2CC[C@H](c3cnc(F)c(F)c3)CC2)cc1. The summed E-state index contributed by atoms with van der Waals surface area (Å²) in [6.07, 6.45) is 6.75. The van der Waals surface area contributed by atoms with Crippen LogP contribution in [-0.4, -0.2) is 4.98 Å². The molecule has 0 unspecified atom stereocenters. The van der Waals surface area contributed by atoms with Crippen LogP contribution in [0, 0.1) is 11.8 Å². The van der Waals surface area contributed by atoms with E-state index in [1.54, 1.807) is 0 Å². The molecule has 1 saturated carbocycles. The fourth-order valence-corrected chi connectivity index (χ4v) is 3.44. The van der Waals surface area contributed by atoms with Gasteiger partial charge < -0.3 is 0 Å². The van der Waals surface area contributed by atoms with E-state index < -0.39 is 11.8 Å². The van der Waals surface area contributed by atoms with Gasteiger partial charge in [0, 0.05) is 6.20 Å². The summed E-state index contributed by atoms with van der Waals surface area (Å²) in [6.45, 7) is 2.16. The minimum Gasteiger partial charge on any atom is -0.225 e. The van der Waals surface area contributed by atoms with Crippen LogP contribution >= 0.6 is 0 Å². The van der Waals surface area contributed by atoms with Gasteiger partial charge in [0.15, 0.2) is 5.82 Å². The number of nitrogens with zero attached hydrogens (tertiary/aromatic N) is 1. The zero-order valence-electron chi connectivity index (χ0n) is 12.9. The van der Waals surface area contributed by atoms with Crippen molar-refractivity contribution < 1.29 is 8.78 Å². The maximum atomic E-state index is 13.3. The smallest absolute Gasteiger partial charge is 0.225 e. The van der Waals surface area contributed by atoms with Gasteiger partial charge >= 0.3 is 0 Å². The molecule has 3 heteroatoms. The molecular weight excluding hydrogens is 280 g/mol. The topological polar surface area (TPSA) is 12.9 Å². The Hall–Kier alpha value is -1.77. The monoisotopic (exact) mass is 301 g/mol. The third-order valence-electron chi connectivity index (χ3n) is 4.88. The van der Waals surface area contributed by atoms with Gasteiger partial charge in [0.05, 0.1) is 0 Å². The van der Waals surface area contributed by atoms with Gasteiger partial charge in [-0.15, -0.1) is 0 Å². The molecule has 0 spiro atoms.